The number of carbonyl (C=O) groups is 1. The number of carbonyl (C=O) groups excluding carboxylic acids is 1. The highest BCUT2D eigenvalue weighted by atomic mass is 32.1. The van der Waals surface area contributed by atoms with Gasteiger partial charge in [0.05, 0.1) is 38.4 Å². The molecule has 2 aromatic carbocycles. The lowest BCUT2D eigenvalue weighted by molar-refractivity contribution is -0.122. The van der Waals surface area contributed by atoms with Crippen LogP contribution >= 0.6 is 11.3 Å². The van der Waals surface area contributed by atoms with Crippen LogP contribution in [0.25, 0.3) is 21.3 Å². The number of nitrogens with two attached hydrogens (primary N) is 1. The summed E-state index contributed by atoms with van der Waals surface area (Å²) in [6, 6.07) is 15.4. The number of hydrogen-bond donors (Lipinski definition) is 3. The number of fused-ring (bicyclic) bond motifs is 1. The summed E-state index contributed by atoms with van der Waals surface area (Å²) in [4.78, 5) is 23.9. The van der Waals surface area contributed by atoms with Gasteiger partial charge >= 0.3 is 0 Å². The summed E-state index contributed by atoms with van der Waals surface area (Å²) < 4.78 is 15.9. The number of aryl methyl sites for hydroxylation is 1. The van der Waals surface area contributed by atoms with Crippen LogP contribution in [0.4, 0.5) is 5.82 Å². The molecule has 4 rings (SSSR count). The second-order valence-electron chi connectivity index (χ2n) is 9.16. The molecule has 1 amide bonds. The first-order chi connectivity index (χ1) is 18.8. The molecule has 4 N–H and O–H groups in total. The Balaban J connectivity index is 1.55. The zero-order chi connectivity index (χ0) is 27.9. The molecule has 9 nitrogen and oxygen atoms in total. The summed E-state index contributed by atoms with van der Waals surface area (Å²) in [7, 11) is 4.82. The molecular formula is C29H35N5O4S. The van der Waals surface area contributed by atoms with E-state index >= 15 is 0 Å². The van der Waals surface area contributed by atoms with Gasteiger partial charge in [-0.05, 0) is 49.6 Å². The quantitative estimate of drug-likeness (QED) is 0.221. The van der Waals surface area contributed by atoms with Crippen molar-refractivity contribution in [3.05, 3.63) is 64.8 Å². The molecule has 0 fully saturated rings. The van der Waals surface area contributed by atoms with Crippen molar-refractivity contribution < 1.29 is 19.0 Å². The van der Waals surface area contributed by atoms with E-state index in [-0.39, 0.29) is 11.9 Å². The van der Waals surface area contributed by atoms with Crippen LogP contribution in [-0.4, -0.2) is 56.4 Å². The Bertz CT molecular complexity index is 1440. The second kappa shape index (κ2) is 12.9. The van der Waals surface area contributed by atoms with Gasteiger partial charge in [-0.15, -0.1) is 11.3 Å². The van der Waals surface area contributed by atoms with E-state index in [1.165, 1.54) is 0 Å². The van der Waals surface area contributed by atoms with Crippen LogP contribution in [0.15, 0.2) is 48.5 Å². The summed E-state index contributed by atoms with van der Waals surface area (Å²) in [5.41, 5.74) is 9.10. The Morgan fingerprint density at radius 3 is 2.54 bits per heavy atom. The normalized spacial score (nSPS) is 12.7. The fraction of sp³-hybridized carbons (Fsp3) is 0.345. The number of nitrogens with one attached hydrogen (secondary N) is 2. The van der Waals surface area contributed by atoms with E-state index in [9.17, 15) is 4.79 Å². The van der Waals surface area contributed by atoms with Crippen molar-refractivity contribution in [2.75, 3.05) is 39.8 Å². The molecule has 0 aliphatic rings. The van der Waals surface area contributed by atoms with Crippen LogP contribution in [0.3, 0.4) is 0 Å². The fourth-order valence-corrected chi connectivity index (χ4v) is 5.43. The zero-order valence-corrected chi connectivity index (χ0v) is 23.7. The average Bonchev–Trinajstić information content (AvgIpc) is 3.43. The third-order valence-corrected chi connectivity index (χ3v) is 7.69. The number of ether oxygens (including phenoxy) is 3. The van der Waals surface area contributed by atoms with Gasteiger partial charge in [0.15, 0.2) is 11.5 Å². The Kier molecular flexibility index (Phi) is 9.34. The third-order valence-electron chi connectivity index (χ3n) is 6.38. The number of benzene rings is 2. The SMILES string of the molecule is COCCNC(=O)C(N)Cc1ccccc1-c1ccc(C(C)Nc2nc(C)nc3cc(OC)c(OC)cc23)s1. The molecular weight excluding hydrogens is 514 g/mol. The van der Waals surface area contributed by atoms with Crippen molar-refractivity contribution in [3.63, 3.8) is 0 Å². The molecule has 2 aromatic heterocycles. The van der Waals surface area contributed by atoms with Gasteiger partial charge in [0, 0.05) is 34.9 Å². The Morgan fingerprint density at radius 1 is 1.05 bits per heavy atom. The van der Waals surface area contributed by atoms with E-state index in [1.54, 1.807) is 32.7 Å². The molecule has 10 heteroatoms. The lowest BCUT2D eigenvalue weighted by Gasteiger charge is -2.17. The van der Waals surface area contributed by atoms with E-state index in [0.29, 0.717) is 36.9 Å². The van der Waals surface area contributed by atoms with Crippen LogP contribution < -0.4 is 25.8 Å². The molecule has 2 heterocycles. The molecule has 39 heavy (non-hydrogen) atoms. The minimum atomic E-state index is -0.645. The Labute approximate surface area is 232 Å². The van der Waals surface area contributed by atoms with Crippen molar-refractivity contribution in [3.8, 4) is 21.9 Å². The maximum Gasteiger partial charge on any atom is 0.237 e. The standard InChI is InChI=1S/C29H35N5O4S/c1-17(32-28-21-15-24(37-4)25(38-5)16-23(21)33-18(2)34-28)26-10-11-27(39-26)20-9-7-6-8-19(20)14-22(30)29(35)31-12-13-36-3/h6-11,15-17,22H,12-14,30H2,1-5H3,(H,31,35)(H,32,33,34). The Morgan fingerprint density at radius 2 is 1.79 bits per heavy atom. The molecule has 0 radical (unpaired) electrons. The molecule has 0 saturated carbocycles. The van der Waals surface area contributed by atoms with E-state index < -0.39 is 6.04 Å². The highest BCUT2D eigenvalue weighted by molar-refractivity contribution is 7.15. The van der Waals surface area contributed by atoms with Crippen molar-refractivity contribution in [2.24, 2.45) is 5.73 Å². The highest BCUT2D eigenvalue weighted by Crippen LogP contribution is 2.37. The van der Waals surface area contributed by atoms with E-state index in [1.807, 2.05) is 37.3 Å². The van der Waals surface area contributed by atoms with Crippen LogP contribution in [0.2, 0.25) is 0 Å². The number of methoxy groups -OCH3 is 3. The maximum atomic E-state index is 12.4. The van der Waals surface area contributed by atoms with Crippen molar-refractivity contribution >= 4 is 34.0 Å². The van der Waals surface area contributed by atoms with Gasteiger partial charge in [0.2, 0.25) is 5.91 Å². The van der Waals surface area contributed by atoms with Gasteiger partial charge in [0.25, 0.3) is 0 Å². The summed E-state index contributed by atoms with van der Waals surface area (Å²) in [6.07, 6.45) is 0.438. The molecule has 2 unspecified atom stereocenters. The third kappa shape index (κ3) is 6.65. The minimum Gasteiger partial charge on any atom is -0.493 e. The van der Waals surface area contributed by atoms with Gasteiger partial charge in [-0.2, -0.15) is 0 Å². The summed E-state index contributed by atoms with van der Waals surface area (Å²) in [6.45, 7) is 4.86. The molecule has 0 saturated heterocycles. The fourth-order valence-electron chi connectivity index (χ4n) is 4.36. The number of aromatic nitrogens is 2. The molecule has 0 aliphatic heterocycles. The number of thiophene rings is 1. The lowest BCUT2D eigenvalue weighted by atomic mass is 9.99. The van der Waals surface area contributed by atoms with Crippen LogP contribution in [0.5, 0.6) is 11.5 Å². The topological polar surface area (TPSA) is 121 Å². The number of rotatable bonds is 12. The van der Waals surface area contributed by atoms with Crippen molar-refractivity contribution in [1.82, 2.24) is 15.3 Å². The molecule has 206 valence electrons. The van der Waals surface area contributed by atoms with Crippen LogP contribution in [0, 0.1) is 6.92 Å². The first-order valence-electron chi connectivity index (χ1n) is 12.7. The Hall–Kier alpha value is -3.73. The van der Waals surface area contributed by atoms with Gasteiger partial charge in [-0.1, -0.05) is 24.3 Å². The van der Waals surface area contributed by atoms with Crippen molar-refractivity contribution in [1.29, 1.82) is 0 Å². The maximum absolute atomic E-state index is 12.4. The minimum absolute atomic E-state index is 0.0182. The molecule has 2 atom stereocenters. The number of hydrogen-bond acceptors (Lipinski definition) is 9. The molecule has 0 bridgehead atoms. The molecule has 0 aliphatic carbocycles. The number of anilines is 1. The highest BCUT2D eigenvalue weighted by Gasteiger charge is 2.19. The first kappa shape index (κ1) is 28.3. The van der Waals surface area contributed by atoms with E-state index in [0.717, 1.165) is 37.6 Å². The second-order valence-corrected chi connectivity index (χ2v) is 10.3. The van der Waals surface area contributed by atoms with Gasteiger partial charge in [-0.3, -0.25) is 4.79 Å². The zero-order valence-electron chi connectivity index (χ0n) is 22.9. The van der Waals surface area contributed by atoms with Gasteiger partial charge in [-0.25, -0.2) is 9.97 Å². The molecule has 0 spiro atoms. The van der Waals surface area contributed by atoms with Crippen LogP contribution in [-0.2, 0) is 16.0 Å². The monoisotopic (exact) mass is 549 g/mol. The van der Waals surface area contributed by atoms with Crippen molar-refractivity contribution in [2.45, 2.75) is 32.4 Å². The van der Waals surface area contributed by atoms with Gasteiger partial charge in [0.1, 0.15) is 11.6 Å². The summed E-state index contributed by atoms with van der Waals surface area (Å²) >= 11 is 1.69. The number of amides is 1. The van der Waals surface area contributed by atoms with E-state index in [4.69, 9.17) is 19.9 Å². The average molecular weight is 550 g/mol. The number of nitrogens with zero attached hydrogens (tertiary/aromatic N) is 2. The first-order valence-corrected chi connectivity index (χ1v) is 13.5. The van der Waals surface area contributed by atoms with E-state index in [2.05, 4.69) is 45.7 Å². The molecule has 4 aromatic rings. The summed E-state index contributed by atoms with van der Waals surface area (Å²) in [5.74, 6) is 2.44. The predicted octanol–water partition coefficient (Wildman–Crippen LogP) is 4.49. The van der Waals surface area contributed by atoms with Crippen LogP contribution in [0.1, 0.15) is 29.2 Å². The smallest absolute Gasteiger partial charge is 0.237 e. The predicted molar refractivity (Wildman–Crippen MR) is 156 cm³/mol. The lowest BCUT2D eigenvalue weighted by Crippen LogP contribution is -2.43. The van der Waals surface area contributed by atoms with Gasteiger partial charge < -0.3 is 30.6 Å². The largest absolute Gasteiger partial charge is 0.493 e. The summed E-state index contributed by atoms with van der Waals surface area (Å²) in [5, 5.41) is 7.23.